The standard InChI is InChI=1S/C11H18N4S/c1-8-5-10(15(2)14-8)16-7-11(3-4-11)6-9(12)13/h5H,3-4,6-7H2,1-2H3,(H3,12,13). The van der Waals surface area contributed by atoms with E-state index in [4.69, 9.17) is 11.1 Å². The summed E-state index contributed by atoms with van der Waals surface area (Å²) in [4.78, 5) is 0. The molecule has 0 bridgehead atoms. The molecule has 0 unspecified atom stereocenters. The Kier molecular flexibility index (Phi) is 2.97. The van der Waals surface area contributed by atoms with Crippen LogP contribution in [0.5, 0.6) is 0 Å². The number of nitrogens with two attached hydrogens (primary N) is 1. The van der Waals surface area contributed by atoms with E-state index >= 15 is 0 Å². The molecule has 0 atom stereocenters. The van der Waals surface area contributed by atoms with E-state index in [1.807, 2.05) is 30.4 Å². The van der Waals surface area contributed by atoms with Gasteiger partial charge in [0.2, 0.25) is 0 Å². The molecule has 2 rings (SSSR count). The minimum absolute atomic E-state index is 0.300. The van der Waals surface area contributed by atoms with Crippen molar-refractivity contribution in [3.05, 3.63) is 11.8 Å². The van der Waals surface area contributed by atoms with Crippen molar-refractivity contribution in [2.24, 2.45) is 18.2 Å². The molecule has 5 heteroatoms. The Bertz CT molecular complexity index is 406. The van der Waals surface area contributed by atoms with Crippen LogP contribution in [0.2, 0.25) is 0 Å². The van der Waals surface area contributed by atoms with Gasteiger partial charge in [-0.15, -0.1) is 11.8 Å². The van der Waals surface area contributed by atoms with Gasteiger partial charge in [-0.25, -0.2) is 0 Å². The van der Waals surface area contributed by atoms with E-state index in [2.05, 4.69) is 11.2 Å². The predicted octanol–water partition coefficient (Wildman–Crippen LogP) is 1.93. The van der Waals surface area contributed by atoms with Gasteiger partial charge in [0, 0.05) is 19.2 Å². The topological polar surface area (TPSA) is 67.7 Å². The van der Waals surface area contributed by atoms with Gasteiger partial charge in [-0.2, -0.15) is 5.10 Å². The number of aromatic nitrogens is 2. The second-order valence-corrected chi connectivity index (χ2v) is 5.73. The van der Waals surface area contributed by atoms with Crippen LogP contribution < -0.4 is 5.73 Å². The molecule has 4 nitrogen and oxygen atoms in total. The van der Waals surface area contributed by atoms with Crippen LogP contribution in [0, 0.1) is 17.7 Å². The number of hydrogen-bond acceptors (Lipinski definition) is 3. The van der Waals surface area contributed by atoms with Gasteiger partial charge in [-0.05, 0) is 31.2 Å². The van der Waals surface area contributed by atoms with E-state index in [0.29, 0.717) is 11.3 Å². The Morgan fingerprint density at radius 2 is 2.38 bits per heavy atom. The lowest BCUT2D eigenvalue weighted by Gasteiger charge is -2.13. The lowest BCUT2D eigenvalue weighted by atomic mass is 10.1. The number of aryl methyl sites for hydroxylation is 2. The van der Waals surface area contributed by atoms with Crippen LogP contribution in [0.4, 0.5) is 0 Å². The van der Waals surface area contributed by atoms with Crippen molar-refractivity contribution < 1.29 is 0 Å². The van der Waals surface area contributed by atoms with E-state index in [0.717, 1.165) is 17.9 Å². The summed E-state index contributed by atoms with van der Waals surface area (Å²) in [6.07, 6.45) is 3.16. The van der Waals surface area contributed by atoms with E-state index in [1.165, 1.54) is 17.9 Å². The minimum atomic E-state index is 0.300. The van der Waals surface area contributed by atoms with Crippen molar-refractivity contribution in [1.82, 2.24) is 9.78 Å². The third-order valence-electron chi connectivity index (χ3n) is 3.01. The minimum Gasteiger partial charge on any atom is -0.388 e. The number of nitrogens with one attached hydrogen (secondary N) is 1. The molecule has 88 valence electrons. The molecule has 1 aliphatic carbocycles. The highest BCUT2D eigenvalue weighted by Crippen LogP contribution is 2.51. The van der Waals surface area contributed by atoms with Crippen LogP contribution in [0.25, 0.3) is 0 Å². The number of amidine groups is 1. The van der Waals surface area contributed by atoms with Crippen LogP contribution in [-0.2, 0) is 7.05 Å². The first-order valence-electron chi connectivity index (χ1n) is 5.47. The zero-order valence-electron chi connectivity index (χ0n) is 9.79. The molecule has 3 N–H and O–H groups in total. The zero-order valence-corrected chi connectivity index (χ0v) is 10.6. The first-order chi connectivity index (χ1) is 7.51. The van der Waals surface area contributed by atoms with Gasteiger partial charge in [-0.3, -0.25) is 10.1 Å². The first kappa shape index (κ1) is 11.5. The second kappa shape index (κ2) is 4.13. The summed E-state index contributed by atoms with van der Waals surface area (Å²) in [5.74, 6) is 1.37. The van der Waals surface area contributed by atoms with Gasteiger partial charge in [-0.1, -0.05) is 0 Å². The van der Waals surface area contributed by atoms with Gasteiger partial charge in [0.05, 0.1) is 16.6 Å². The van der Waals surface area contributed by atoms with Crippen molar-refractivity contribution in [2.45, 2.75) is 31.2 Å². The average molecular weight is 238 g/mol. The summed E-state index contributed by atoms with van der Waals surface area (Å²) in [5.41, 5.74) is 6.84. The predicted molar refractivity (Wildman–Crippen MR) is 66.9 cm³/mol. The molecule has 0 aromatic carbocycles. The molecular formula is C11H18N4S. The number of nitrogens with zero attached hydrogens (tertiary/aromatic N) is 2. The lowest BCUT2D eigenvalue weighted by Crippen LogP contribution is -2.18. The van der Waals surface area contributed by atoms with Crippen LogP contribution in [0.1, 0.15) is 25.0 Å². The van der Waals surface area contributed by atoms with Gasteiger partial charge in [0.25, 0.3) is 0 Å². The molecule has 1 aliphatic rings. The van der Waals surface area contributed by atoms with E-state index < -0.39 is 0 Å². The van der Waals surface area contributed by atoms with Gasteiger partial charge >= 0.3 is 0 Å². The van der Waals surface area contributed by atoms with Gasteiger partial charge in [0.1, 0.15) is 0 Å². The molecule has 1 heterocycles. The SMILES string of the molecule is Cc1cc(SCC2(CC(=N)N)CC2)n(C)n1. The molecule has 0 saturated heterocycles. The smallest absolute Gasteiger partial charge is 0.0939 e. The van der Waals surface area contributed by atoms with Crippen molar-refractivity contribution >= 4 is 17.6 Å². The molecule has 1 saturated carbocycles. The van der Waals surface area contributed by atoms with E-state index in [9.17, 15) is 0 Å². The average Bonchev–Trinajstić information content (AvgIpc) is 2.83. The third kappa shape index (κ3) is 2.58. The molecular weight excluding hydrogens is 220 g/mol. The Labute approximate surface area is 100 Å². The lowest BCUT2D eigenvalue weighted by molar-refractivity contribution is 0.609. The van der Waals surface area contributed by atoms with Crippen molar-refractivity contribution in [2.75, 3.05) is 5.75 Å². The summed E-state index contributed by atoms with van der Waals surface area (Å²) < 4.78 is 1.92. The number of rotatable bonds is 5. The molecule has 0 spiro atoms. The zero-order chi connectivity index (χ0) is 11.8. The van der Waals surface area contributed by atoms with Crippen LogP contribution in [0.15, 0.2) is 11.1 Å². The van der Waals surface area contributed by atoms with E-state index in [-0.39, 0.29) is 0 Å². The quantitative estimate of drug-likeness (QED) is 0.468. The molecule has 1 aromatic rings. The number of thioether (sulfide) groups is 1. The highest BCUT2D eigenvalue weighted by molar-refractivity contribution is 7.99. The monoisotopic (exact) mass is 238 g/mol. The van der Waals surface area contributed by atoms with Crippen molar-refractivity contribution in [3.8, 4) is 0 Å². The molecule has 0 amide bonds. The van der Waals surface area contributed by atoms with Crippen LogP contribution in [0.3, 0.4) is 0 Å². The second-order valence-electron chi connectivity index (χ2n) is 4.74. The first-order valence-corrected chi connectivity index (χ1v) is 6.46. The summed E-state index contributed by atoms with van der Waals surface area (Å²) >= 11 is 1.83. The maximum absolute atomic E-state index is 7.37. The molecule has 0 radical (unpaired) electrons. The Morgan fingerprint density at radius 1 is 1.69 bits per heavy atom. The molecule has 1 aromatic heterocycles. The third-order valence-corrected chi connectivity index (χ3v) is 4.44. The van der Waals surface area contributed by atoms with Crippen molar-refractivity contribution in [3.63, 3.8) is 0 Å². The highest BCUT2D eigenvalue weighted by Gasteiger charge is 2.42. The molecule has 1 fully saturated rings. The Morgan fingerprint density at radius 3 is 2.81 bits per heavy atom. The maximum Gasteiger partial charge on any atom is 0.0939 e. The summed E-state index contributed by atoms with van der Waals surface area (Å²) in [5, 5.41) is 12.9. The van der Waals surface area contributed by atoms with Crippen LogP contribution in [-0.4, -0.2) is 21.4 Å². The summed E-state index contributed by atoms with van der Waals surface area (Å²) in [6, 6.07) is 2.11. The summed E-state index contributed by atoms with van der Waals surface area (Å²) in [6.45, 7) is 2.01. The fourth-order valence-corrected chi connectivity index (χ4v) is 3.23. The number of hydrogen-bond donors (Lipinski definition) is 2. The van der Waals surface area contributed by atoms with E-state index in [1.54, 1.807) is 0 Å². The normalized spacial score (nSPS) is 17.4. The Balaban J connectivity index is 1.92. The molecule has 16 heavy (non-hydrogen) atoms. The van der Waals surface area contributed by atoms with Gasteiger partial charge < -0.3 is 5.73 Å². The van der Waals surface area contributed by atoms with Crippen LogP contribution >= 0.6 is 11.8 Å². The largest absolute Gasteiger partial charge is 0.388 e. The fraction of sp³-hybridized carbons (Fsp3) is 0.636. The maximum atomic E-state index is 7.37. The fourth-order valence-electron chi connectivity index (χ4n) is 1.90. The Hall–Kier alpha value is -0.970. The van der Waals surface area contributed by atoms with Crippen molar-refractivity contribution in [1.29, 1.82) is 5.41 Å². The summed E-state index contributed by atoms with van der Waals surface area (Å²) in [7, 11) is 1.97. The van der Waals surface area contributed by atoms with Gasteiger partial charge in [0.15, 0.2) is 0 Å². The highest BCUT2D eigenvalue weighted by atomic mass is 32.2. The molecule has 0 aliphatic heterocycles.